The van der Waals surface area contributed by atoms with Gasteiger partial charge < -0.3 is 14.8 Å². The molecule has 2 rings (SSSR count). The second kappa shape index (κ2) is 7.38. The lowest BCUT2D eigenvalue weighted by Gasteiger charge is -2.11. The highest BCUT2D eigenvalue weighted by molar-refractivity contribution is 5.49. The number of rotatable bonds is 7. The first-order valence-corrected chi connectivity index (χ1v) is 6.78. The maximum absolute atomic E-state index is 5.53. The first-order chi connectivity index (χ1) is 9.83. The van der Waals surface area contributed by atoms with Gasteiger partial charge in [-0.3, -0.25) is 0 Å². The second-order valence-electron chi connectivity index (χ2n) is 4.31. The van der Waals surface area contributed by atoms with Crippen LogP contribution in [-0.4, -0.2) is 25.2 Å². The molecule has 0 aliphatic heterocycles. The third-order valence-corrected chi connectivity index (χ3v) is 2.91. The number of aromatic nitrogens is 1. The Labute approximate surface area is 119 Å². The summed E-state index contributed by atoms with van der Waals surface area (Å²) < 4.78 is 10.7. The lowest BCUT2D eigenvalue weighted by molar-refractivity contribution is 0.340. The standard InChI is InChI=1S/C16H20N2O2/c1-3-20-15-8-5-10-17-16(15)18-11-9-13-6-4-7-14(12-13)19-2/h4-8,10,12H,3,9,11H2,1-2H3,(H,17,18). The molecule has 1 heterocycles. The number of nitrogens with zero attached hydrogens (tertiary/aromatic N) is 1. The number of hydrogen-bond donors (Lipinski definition) is 1. The largest absolute Gasteiger partial charge is 0.497 e. The molecule has 4 nitrogen and oxygen atoms in total. The Hall–Kier alpha value is -2.23. The number of methoxy groups -OCH3 is 1. The minimum atomic E-state index is 0.635. The fourth-order valence-electron chi connectivity index (χ4n) is 1.95. The second-order valence-corrected chi connectivity index (χ2v) is 4.31. The van der Waals surface area contributed by atoms with Crippen molar-refractivity contribution in [3.8, 4) is 11.5 Å². The maximum Gasteiger partial charge on any atom is 0.168 e. The minimum absolute atomic E-state index is 0.635. The van der Waals surface area contributed by atoms with Crippen LogP contribution in [0.2, 0.25) is 0 Å². The Balaban J connectivity index is 1.92. The summed E-state index contributed by atoms with van der Waals surface area (Å²) in [7, 11) is 1.68. The molecular weight excluding hydrogens is 252 g/mol. The summed E-state index contributed by atoms with van der Waals surface area (Å²) >= 11 is 0. The van der Waals surface area contributed by atoms with Gasteiger partial charge in [-0.25, -0.2) is 4.98 Å². The summed E-state index contributed by atoms with van der Waals surface area (Å²) in [5.41, 5.74) is 1.23. The normalized spacial score (nSPS) is 10.1. The van der Waals surface area contributed by atoms with E-state index >= 15 is 0 Å². The van der Waals surface area contributed by atoms with Crippen molar-refractivity contribution in [3.05, 3.63) is 48.2 Å². The highest BCUT2D eigenvalue weighted by Crippen LogP contribution is 2.20. The van der Waals surface area contributed by atoms with Crippen LogP contribution in [0.1, 0.15) is 12.5 Å². The smallest absolute Gasteiger partial charge is 0.168 e. The van der Waals surface area contributed by atoms with Crippen molar-refractivity contribution in [1.29, 1.82) is 0 Å². The molecule has 0 radical (unpaired) electrons. The number of benzene rings is 1. The first kappa shape index (κ1) is 14.2. The predicted molar refractivity (Wildman–Crippen MR) is 80.6 cm³/mol. The number of ether oxygens (including phenoxy) is 2. The summed E-state index contributed by atoms with van der Waals surface area (Å²) in [5.74, 6) is 2.47. The van der Waals surface area contributed by atoms with Crippen LogP contribution in [0.4, 0.5) is 5.82 Å². The number of nitrogens with one attached hydrogen (secondary N) is 1. The highest BCUT2D eigenvalue weighted by atomic mass is 16.5. The molecule has 0 aliphatic carbocycles. The SMILES string of the molecule is CCOc1cccnc1NCCc1cccc(OC)c1. The van der Waals surface area contributed by atoms with Crippen LogP contribution in [0.15, 0.2) is 42.6 Å². The zero-order chi connectivity index (χ0) is 14.2. The minimum Gasteiger partial charge on any atom is -0.497 e. The van der Waals surface area contributed by atoms with Crippen LogP contribution in [0.25, 0.3) is 0 Å². The van der Waals surface area contributed by atoms with Crippen LogP contribution in [0, 0.1) is 0 Å². The van der Waals surface area contributed by atoms with Crippen molar-refractivity contribution in [2.45, 2.75) is 13.3 Å². The summed E-state index contributed by atoms with van der Waals surface area (Å²) in [6, 6.07) is 11.9. The average Bonchev–Trinajstić information content (AvgIpc) is 2.49. The molecule has 0 bridgehead atoms. The molecule has 20 heavy (non-hydrogen) atoms. The van der Waals surface area contributed by atoms with Crippen LogP contribution in [-0.2, 0) is 6.42 Å². The molecule has 1 aromatic heterocycles. The van der Waals surface area contributed by atoms with E-state index in [4.69, 9.17) is 9.47 Å². The molecule has 4 heteroatoms. The molecule has 106 valence electrons. The van der Waals surface area contributed by atoms with Gasteiger partial charge in [0.05, 0.1) is 13.7 Å². The average molecular weight is 272 g/mol. The molecule has 2 aromatic rings. The van der Waals surface area contributed by atoms with Gasteiger partial charge in [0.15, 0.2) is 11.6 Å². The van der Waals surface area contributed by atoms with Crippen molar-refractivity contribution in [3.63, 3.8) is 0 Å². The van der Waals surface area contributed by atoms with Crippen molar-refractivity contribution in [2.24, 2.45) is 0 Å². The predicted octanol–water partition coefficient (Wildman–Crippen LogP) is 3.14. The third kappa shape index (κ3) is 3.88. The van der Waals surface area contributed by atoms with E-state index in [0.717, 1.165) is 30.3 Å². The molecule has 0 spiro atoms. The van der Waals surface area contributed by atoms with E-state index in [0.29, 0.717) is 6.61 Å². The third-order valence-electron chi connectivity index (χ3n) is 2.91. The van der Waals surface area contributed by atoms with Gasteiger partial charge in [0.25, 0.3) is 0 Å². The Morgan fingerprint density at radius 2 is 2.10 bits per heavy atom. The molecule has 1 aromatic carbocycles. The van der Waals surface area contributed by atoms with E-state index < -0.39 is 0 Å². The molecule has 1 N–H and O–H groups in total. The Morgan fingerprint density at radius 1 is 1.20 bits per heavy atom. The molecular formula is C16H20N2O2. The lowest BCUT2D eigenvalue weighted by atomic mass is 10.1. The van der Waals surface area contributed by atoms with Gasteiger partial charge in [0.2, 0.25) is 0 Å². The van der Waals surface area contributed by atoms with E-state index in [1.165, 1.54) is 5.56 Å². The van der Waals surface area contributed by atoms with E-state index in [-0.39, 0.29) is 0 Å². The van der Waals surface area contributed by atoms with Crippen molar-refractivity contribution >= 4 is 5.82 Å². The fraction of sp³-hybridized carbons (Fsp3) is 0.312. The van der Waals surface area contributed by atoms with Gasteiger partial charge in [-0.2, -0.15) is 0 Å². The molecule has 0 saturated heterocycles. The Morgan fingerprint density at radius 3 is 2.90 bits per heavy atom. The molecule has 0 aliphatic rings. The highest BCUT2D eigenvalue weighted by Gasteiger charge is 2.03. The van der Waals surface area contributed by atoms with Gasteiger partial charge in [0.1, 0.15) is 5.75 Å². The zero-order valence-corrected chi connectivity index (χ0v) is 11.9. The van der Waals surface area contributed by atoms with Gasteiger partial charge in [-0.1, -0.05) is 12.1 Å². The quantitative estimate of drug-likeness (QED) is 0.841. The van der Waals surface area contributed by atoms with Crippen LogP contribution in [0.3, 0.4) is 0 Å². The first-order valence-electron chi connectivity index (χ1n) is 6.78. The topological polar surface area (TPSA) is 43.4 Å². The van der Waals surface area contributed by atoms with Gasteiger partial charge >= 0.3 is 0 Å². The maximum atomic E-state index is 5.53. The van der Waals surface area contributed by atoms with Crippen molar-refractivity contribution in [1.82, 2.24) is 4.98 Å². The summed E-state index contributed by atoms with van der Waals surface area (Å²) in [6.45, 7) is 3.40. The molecule has 0 amide bonds. The van der Waals surface area contributed by atoms with E-state index in [2.05, 4.69) is 16.4 Å². The van der Waals surface area contributed by atoms with Crippen LogP contribution < -0.4 is 14.8 Å². The van der Waals surface area contributed by atoms with Crippen molar-refractivity contribution in [2.75, 3.05) is 25.6 Å². The van der Waals surface area contributed by atoms with Gasteiger partial charge in [0, 0.05) is 12.7 Å². The lowest BCUT2D eigenvalue weighted by Crippen LogP contribution is -2.08. The summed E-state index contributed by atoms with van der Waals surface area (Å²) in [5, 5.41) is 3.31. The zero-order valence-electron chi connectivity index (χ0n) is 11.9. The molecule has 0 unspecified atom stereocenters. The van der Waals surface area contributed by atoms with Gasteiger partial charge in [-0.15, -0.1) is 0 Å². The number of anilines is 1. The Kier molecular flexibility index (Phi) is 5.24. The van der Waals surface area contributed by atoms with Gasteiger partial charge in [-0.05, 0) is 43.2 Å². The molecule has 0 saturated carbocycles. The summed E-state index contributed by atoms with van der Waals surface area (Å²) in [4.78, 5) is 4.30. The van der Waals surface area contributed by atoms with E-state index in [9.17, 15) is 0 Å². The molecule has 0 atom stereocenters. The number of pyridine rings is 1. The van der Waals surface area contributed by atoms with Crippen LogP contribution >= 0.6 is 0 Å². The molecule has 0 fully saturated rings. The van der Waals surface area contributed by atoms with E-state index in [1.807, 2.05) is 37.3 Å². The van der Waals surface area contributed by atoms with Crippen molar-refractivity contribution < 1.29 is 9.47 Å². The number of hydrogen-bond acceptors (Lipinski definition) is 4. The Bertz CT molecular complexity index is 544. The fourth-order valence-corrected chi connectivity index (χ4v) is 1.95. The summed E-state index contributed by atoms with van der Waals surface area (Å²) in [6.07, 6.45) is 2.66. The monoisotopic (exact) mass is 272 g/mol. The van der Waals surface area contributed by atoms with E-state index in [1.54, 1.807) is 13.3 Å². The van der Waals surface area contributed by atoms with Crippen LogP contribution in [0.5, 0.6) is 11.5 Å².